The summed E-state index contributed by atoms with van der Waals surface area (Å²) in [5.41, 5.74) is 1.62. The van der Waals surface area contributed by atoms with Gasteiger partial charge in [0.2, 0.25) is 0 Å². The molecule has 5 nitrogen and oxygen atoms in total. The first-order valence-corrected chi connectivity index (χ1v) is 10.6. The molecule has 2 amide bonds. The van der Waals surface area contributed by atoms with Crippen LogP contribution in [-0.2, 0) is 20.7 Å². The van der Waals surface area contributed by atoms with Crippen LogP contribution in [0.2, 0.25) is 15.1 Å². The molecule has 3 aromatic rings. The minimum absolute atomic E-state index is 0.519. The van der Waals surface area contributed by atoms with E-state index in [-0.39, 0.29) is 0 Å². The van der Waals surface area contributed by atoms with Crippen molar-refractivity contribution in [2.75, 3.05) is 8.61 Å². The fourth-order valence-electron chi connectivity index (χ4n) is 2.66. The van der Waals surface area contributed by atoms with E-state index in [2.05, 4.69) is 4.36 Å². The maximum atomic E-state index is 12.9. The van der Waals surface area contributed by atoms with Crippen molar-refractivity contribution in [3.05, 3.63) is 87.9 Å². The average Bonchev–Trinajstić information content (AvgIpc) is 2.95. The highest BCUT2D eigenvalue weighted by molar-refractivity contribution is 7.93. The minimum Gasteiger partial charge on any atom is -0.262 e. The van der Waals surface area contributed by atoms with Crippen LogP contribution in [0.25, 0.3) is 0 Å². The number of hydrogen-bond donors (Lipinski definition) is 0. The molecule has 1 fully saturated rings. The van der Waals surface area contributed by atoms with Gasteiger partial charge in [0.25, 0.3) is 0 Å². The van der Waals surface area contributed by atoms with Crippen LogP contribution in [0.1, 0.15) is 0 Å². The Morgan fingerprint density at radius 1 is 0.586 bits per heavy atom. The molecule has 0 N–H and O–H groups in total. The zero-order valence-electron chi connectivity index (χ0n) is 14.6. The molecule has 146 valence electrons. The summed E-state index contributed by atoms with van der Waals surface area (Å²) in [6, 6.07) is 20.2. The smallest absolute Gasteiger partial charge is 0.262 e. The highest BCUT2D eigenvalue weighted by atomic mass is 35.5. The summed E-state index contributed by atoms with van der Waals surface area (Å²) in [4.78, 5) is 25.8. The molecular weight excluding hydrogens is 453 g/mol. The van der Waals surface area contributed by atoms with E-state index in [9.17, 15) is 9.59 Å². The van der Waals surface area contributed by atoms with Gasteiger partial charge in [-0.15, -0.1) is 0 Å². The van der Waals surface area contributed by atoms with Crippen molar-refractivity contribution < 1.29 is 9.59 Å². The lowest BCUT2D eigenvalue weighted by atomic mass is 10.3. The second kappa shape index (κ2) is 8.16. The molecule has 1 heterocycles. The Morgan fingerprint density at radius 2 is 0.931 bits per heavy atom. The van der Waals surface area contributed by atoms with Gasteiger partial charge in [-0.2, -0.15) is 4.36 Å². The molecule has 4 rings (SSSR count). The van der Waals surface area contributed by atoms with Gasteiger partial charge in [-0.25, -0.2) is 8.61 Å². The van der Waals surface area contributed by atoms with E-state index in [0.29, 0.717) is 32.1 Å². The molecule has 0 bridgehead atoms. The van der Waals surface area contributed by atoms with Crippen LogP contribution >= 0.6 is 34.8 Å². The number of nitrogens with zero attached hydrogens (tertiary/aromatic N) is 3. The van der Waals surface area contributed by atoms with Crippen LogP contribution < -0.4 is 8.61 Å². The summed E-state index contributed by atoms with van der Waals surface area (Å²) in [5.74, 6) is -1.35. The van der Waals surface area contributed by atoms with Gasteiger partial charge in [0.05, 0.1) is 17.1 Å². The van der Waals surface area contributed by atoms with E-state index in [1.165, 1.54) is 8.61 Å². The quantitative estimate of drug-likeness (QED) is 0.447. The summed E-state index contributed by atoms with van der Waals surface area (Å²) in [6.45, 7) is 0. The highest BCUT2D eigenvalue weighted by Gasteiger charge is 2.44. The van der Waals surface area contributed by atoms with Gasteiger partial charge in [0.15, 0.2) is 0 Å². The summed E-state index contributed by atoms with van der Waals surface area (Å²) >= 11 is 16.6. The fraction of sp³-hybridized carbons (Fsp3) is 0. The van der Waals surface area contributed by atoms with Gasteiger partial charge in [-0.05, 0) is 72.8 Å². The molecule has 0 radical (unpaired) electrons. The Hall–Kier alpha value is -2.38. The van der Waals surface area contributed by atoms with Crippen molar-refractivity contribution in [3.8, 4) is 0 Å². The first kappa shape index (κ1) is 19.9. The maximum absolute atomic E-state index is 12.9. The van der Waals surface area contributed by atoms with Crippen LogP contribution in [0.5, 0.6) is 0 Å². The third-order valence-electron chi connectivity index (χ3n) is 4.01. The summed E-state index contributed by atoms with van der Waals surface area (Å²) in [7, 11) is 0. The van der Waals surface area contributed by atoms with Crippen LogP contribution in [0, 0.1) is 0 Å². The number of carbonyl (C=O) groups is 2. The highest BCUT2D eigenvalue weighted by Crippen LogP contribution is 2.33. The van der Waals surface area contributed by atoms with Gasteiger partial charge in [-0.1, -0.05) is 34.8 Å². The van der Waals surface area contributed by atoms with E-state index in [0.717, 1.165) is 0 Å². The predicted octanol–water partition coefficient (Wildman–Crippen LogP) is 5.99. The normalized spacial score (nSPS) is 14.6. The van der Waals surface area contributed by atoms with Gasteiger partial charge in [-0.3, -0.25) is 9.59 Å². The molecule has 0 unspecified atom stereocenters. The van der Waals surface area contributed by atoms with E-state index in [4.69, 9.17) is 34.8 Å². The van der Waals surface area contributed by atoms with E-state index < -0.39 is 22.9 Å². The van der Waals surface area contributed by atoms with E-state index in [1.807, 2.05) is 0 Å². The van der Waals surface area contributed by atoms with Gasteiger partial charge >= 0.3 is 11.8 Å². The lowest BCUT2D eigenvalue weighted by Gasteiger charge is -2.21. The van der Waals surface area contributed by atoms with Gasteiger partial charge in [0.1, 0.15) is 11.1 Å². The average molecular weight is 465 g/mol. The molecule has 1 saturated heterocycles. The van der Waals surface area contributed by atoms with Crippen molar-refractivity contribution >= 4 is 74.7 Å². The SMILES string of the molecule is O=C1C(=O)N(c2ccc(Cl)cc2)S(=Nc2ccc(Cl)cc2)N1c1ccc(Cl)cc1. The number of anilines is 2. The van der Waals surface area contributed by atoms with Crippen molar-refractivity contribution in [2.24, 2.45) is 4.36 Å². The summed E-state index contributed by atoms with van der Waals surface area (Å²) < 4.78 is 7.40. The third kappa shape index (κ3) is 4.02. The number of hydrogen-bond acceptors (Lipinski definition) is 3. The maximum Gasteiger partial charge on any atom is 0.329 e. The zero-order chi connectivity index (χ0) is 20.5. The zero-order valence-corrected chi connectivity index (χ0v) is 17.7. The summed E-state index contributed by atoms with van der Waals surface area (Å²) in [5, 5.41) is 1.61. The molecule has 0 spiro atoms. The van der Waals surface area contributed by atoms with Gasteiger partial charge < -0.3 is 0 Å². The second-order valence-corrected chi connectivity index (χ2v) is 8.68. The monoisotopic (exact) mass is 463 g/mol. The lowest BCUT2D eigenvalue weighted by Crippen LogP contribution is -2.27. The molecule has 9 heteroatoms. The minimum atomic E-state index is -1.27. The molecule has 29 heavy (non-hydrogen) atoms. The first-order valence-electron chi connectivity index (χ1n) is 8.36. The molecule has 0 saturated carbocycles. The Bertz CT molecular complexity index is 1050. The fourth-order valence-corrected chi connectivity index (χ4v) is 4.75. The van der Waals surface area contributed by atoms with Crippen LogP contribution in [0.15, 0.2) is 77.2 Å². The number of carbonyl (C=O) groups excluding carboxylic acids is 2. The van der Waals surface area contributed by atoms with Crippen LogP contribution in [0.4, 0.5) is 17.1 Å². The van der Waals surface area contributed by atoms with Gasteiger partial charge in [0, 0.05) is 15.1 Å². The van der Waals surface area contributed by atoms with Crippen LogP contribution in [-0.4, -0.2) is 11.8 Å². The Balaban J connectivity index is 1.88. The Labute approximate surface area is 184 Å². The number of benzene rings is 3. The van der Waals surface area contributed by atoms with Crippen molar-refractivity contribution in [2.45, 2.75) is 0 Å². The second-order valence-electron chi connectivity index (χ2n) is 5.96. The first-order chi connectivity index (χ1) is 13.9. The predicted molar refractivity (Wildman–Crippen MR) is 119 cm³/mol. The number of rotatable bonds is 3. The van der Waals surface area contributed by atoms with Crippen molar-refractivity contribution in [1.82, 2.24) is 0 Å². The standard InChI is InChI=1S/C20H12Cl3N3O2S/c21-13-1-7-16(8-2-13)24-29-25(17-9-3-14(22)4-10-17)19(27)20(28)26(29)18-11-5-15(23)6-12-18/h1-12H. The number of amides is 2. The molecule has 3 aromatic carbocycles. The Morgan fingerprint density at radius 3 is 1.31 bits per heavy atom. The molecular formula is C20H12Cl3N3O2S. The Kier molecular flexibility index (Phi) is 5.61. The third-order valence-corrected chi connectivity index (χ3v) is 6.55. The van der Waals surface area contributed by atoms with E-state index in [1.54, 1.807) is 72.8 Å². The largest absolute Gasteiger partial charge is 0.329 e. The number of halogens is 3. The van der Waals surface area contributed by atoms with Crippen molar-refractivity contribution in [1.29, 1.82) is 0 Å². The molecule has 0 aliphatic carbocycles. The van der Waals surface area contributed by atoms with Crippen molar-refractivity contribution in [3.63, 3.8) is 0 Å². The molecule has 0 atom stereocenters. The van der Waals surface area contributed by atoms with Crippen LogP contribution in [0.3, 0.4) is 0 Å². The van der Waals surface area contributed by atoms with E-state index >= 15 is 0 Å². The topological polar surface area (TPSA) is 53.0 Å². The molecule has 1 aliphatic rings. The molecule has 1 aliphatic heterocycles. The molecule has 0 aromatic heterocycles. The summed E-state index contributed by atoms with van der Waals surface area (Å²) in [6.07, 6.45) is 0. The lowest BCUT2D eigenvalue weighted by molar-refractivity contribution is -0.133.